The van der Waals surface area contributed by atoms with E-state index in [9.17, 15) is 18.6 Å². The smallest absolute Gasteiger partial charge is 0.340 e. The quantitative estimate of drug-likeness (QED) is 0.800. The fourth-order valence-electron chi connectivity index (χ4n) is 1.75. The standard InChI is InChI=1S/C16H22N2O5S/c1-10(13(19)17-15(21)18-16(2,3)4)23-14(20)11-8-6-7-9-12(11)24(5)22/h6-10H,1-5H3,(H2,17,18,19,21)/t10-,24+/m0/s1. The molecule has 132 valence electrons. The highest BCUT2D eigenvalue weighted by Crippen LogP contribution is 2.14. The molecule has 8 heteroatoms. The van der Waals surface area contributed by atoms with E-state index in [0.29, 0.717) is 4.90 Å². The summed E-state index contributed by atoms with van der Waals surface area (Å²) in [6.45, 7) is 6.65. The molecule has 0 aliphatic carbocycles. The van der Waals surface area contributed by atoms with Crippen molar-refractivity contribution in [2.24, 2.45) is 0 Å². The summed E-state index contributed by atoms with van der Waals surface area (Å²) in [5.74, 6) is -1.53. The summed E-state index contributed by atoms with van der Waals surface area (Å²) in [5.41, 5.74) is -0.383. The monoisotopic (exact) mass is 354 g/mol. The highest BCUT2D eigenvalue weighted by atomic mass is 32.2. The molecule has 0 bridgehead atoms. The third-order valence-electron chi connectivity index (χ3n) is 2.79. The maximum atomic E-state index is 12.2. The molecule has 0 saturated carbocycles. The van der Waals surface area contributed by atoms with Crippen LogP contribution in [0.25, 0.3) is 0 Å². The molecule has 1 rings (SSSR count). The summed E-state index contributed by atoms with van der Waals surface area (Å²) >= 11 is 0. The molecule has 3 amide bonds. The number of carbonyl (C=O) groups is 3. The third kappa shape index (κ3) is 6.11. The average Bonchev–Trinajstić information content (AvgIpc) is 2.44. The second kappa shape index (κ2) is 8.05. The van der Waals surface area contributed by atoms with Gasteiger partial charge >= 0.3 is 12.0 Å². The zero-order chi connectivity index (χ0) is 18.5. The maximum Gasteiger partial charge on any atom is 0.340 e. The van der Waals surface area contributed by atoms with Crippen LogP contribution in [0, 0.1) is 0 Å². The molecule has 0 aliphatic rings. The zero-order valence-corrected chi connectivity index (χ0v) is 15.2. The normalized spacial score (nSPS) is 13.5. The summed E-state index contributed by atoms with van der Waals surface area (Å²) in [7, 11) is -1.37. The second-order valence-corrected chi connectivity index (χ2v) is 7.54. The van der Waals surface area contributed by atoms with Crippen LogP contribution in [-0.4, -0.2) is 40.0 Å². The van der Waals surface area contributed by atoms with Crippen molar-refractivity contribution in [3.63, 3.8) is 0 Å². The van der Waals surface area contributed by atoms with Crippen molar-refractivity contribution >= 4 is 28.7 Å². The predicted molar refractivity (Wildman–Crippen MR) is 90.1 cm³/mol. The highest BCUT2D eigenvalue weighted by Gasteiger charge is 2.24. The molecular weight excluding hydrogens is 332 g/mol. The molecule has 1 aromatic carbocycles. The van der Waals surface area contributed by atoms with Crippen LogP contribution >= 0.6 is 0 Å². The maximum absolute atomic E-state index is 12.2. The fourth-order valence-corrected chi connectivity index (χ4v) is 2.48. The van der Waals surface area contributed by atoms with E-state index in [4.69, 9.17) is 4.74 Å². The van der Waals surface area contributed by atoms with Crippen LogP contribution in [0.2, 0.25) is 0 Å². The van der Waals surface area contributed by atoms with E-state index in [0.717, 1.165) is 0 Å². The molecule has 0 radical (unpaired) electrons. The lowest BCUT2D eigenvalue weighted by Crippen LogP contribution is -2.50. The van der Waals surface area contributed by atoms with Crippen LogP contribution in [0.5, 0.6) is 0 Å². The Bertz CT molecular complexity index is 667. The topological polar surface area (TPSA) is 102 Å². The van der Waals surface area contributed by atoms with Gasteiger partial charge in [0.1, 0.15) is 0 Å². The van der Waals surface area contributed by atoms with E-state index in [1.807, 2.05) is 0 Å². The Hall–Kier alpha value is -2.22. The number of urea groups is 1. The minimum absolute atomic E-state index is 0.122. The van der Waals surface area contributed by atoms with Gasteiger partial charge in [-0.2, -0.15) is 0 Å². The van der Waals surface area contributed by atoms with Crippen LogP contribution in [0.1, 0.15) is 38.1 Å². The average molecular weight is 354 g/mol. The number of hydrogen-bond acceptors (Lipinski definition) is 5. The number of esters is 1. The molecule has 2 N–H and O–H groups in total. The van der Waals surface area contributed by atoms with Gasteiger partial charge in [-0.3, -0.25) is 14.3 Å². The second-order valence-electron chi connectivity index (χ2n) is 6.19. The van der Waals surface area contributed by atoms with Crippen molar-refractivity contribution < 1.29 is 23.3 Å². The number of imide groups is 1. The summed E-state index contributed by atoms with van der Waals surface area (Å²) < 4.78 is 16.7. The van der Waals surface area contributed by atoms with Gasteiger partial charge in [0.2, 0.25) is 0 Å². The van der Waals surface area contributed by atoms with Crippen molar-refractivity contribution in [2.75, 3.05) is 6.26 Å². The van der Waals surface area contributed by atoms with Crippen LogP contribution < -0.4 is 10.6 Å². The number of ether oxygens (including phenoxy) is 1. The van der Waals surface area contributed by atoms with Crippen LogP contribution in [0.4, 0.5) is 4.79 Å². The van der Waals surface area contributed by atoms with Gasteiger partial charge in [0.05, 0.1) is 21.3 Å². The Labute approximate surface area is 143 Å². The first kappa shape index (κ1) is 19.8. The van der Waals surface area contributed by atoms with Crippen LogP contribution in [0.3, 0.4) is 0 Å². The molecule has 0 heterocycles. The first-order valence-corrected chi connectivity index (χ1v) is 8.83. The highest BCUT2D eigenvalue weighted by molar-refractivity contribution is 7.84. The van der Waals surface area contributed by atoms with Gasteiger partial charge in [0, 0.05) is 11.8 Å². The largest absolute Gasteiger partial charge is 0.449 e. The van der Waals surface area contributed by atoms with E-state index < -0.39 is 40.4 Å². The molecule has 2 atom stereocenters. The lowest BCUT2D eigenvalue weighted by atomic mass is 10.1. The molecule has 24 heavy (non-hydrogen) atoms. The lowest BCUT2D eigenvalue weighted by Gasteiger charge is -2.21. The minimum atomic E-state index is -1.37. The first-order valence-electron chi connectivity index (χ1n) is 7.27. The Morgan fingerprint density at radius 2 is 1.75 bits per heavy atom. The third-order valence-corrected chi connectivity index (χ3v) is 3.77. The fraction of sp³-hybridized carbons (Fsp3) is 0.438. The SMILES string of the molecule is C[C@H](OC(=O)c1ccccc1[S@@](C)=O)C(=O)NC(=O)NC(C)(C)C. The summed E-state index contributed by atoms with van der Waals surface area (Å²) in [5, 5.41) is 4.67. The predicted octanol–water partition coefficient (Wildman–Crippen LogP) is 1.59. The van der Waals surface area contributed by atoms with Crippen molar-refractivity contribution in [1.82, 2.24) is 10.6 Å². The number of carbonyl (C=O) groups excluding carboxylic acids is 3. The number of amides is 3. The van der Waals surface area contributed by atoms with Crippen molar-refractivity contribution in [1.29, 1.82) is 0 Å². The van der Waals surface area contributed by atoms with E-state index in [-0.39, 0.29) is 5.56 Å². The summed E-state index contributed by atoms with van der Waals surface area (Å²) in [4.78, 5) is 36.0. The molecule has 0 fully saturated rings. The summed E-state index contributed by atoms with van der Waals surface area (Å²) in [6.07, 6.45) is 0.264. The molecule has 0 aromatic heterocycles. The van der Waals surface area contributed by atoms with Crippen molar-refractivity contribution in [3.05, 3.63) is 29.8 Å². The number of hydrogen-bond donors (Lipinski definition) is 2. The molecule has 0 spiro atoms. The molecule has 1 aromatic rings. The van der Waals surface area contributed by atoms with Gasteiger partial charge < -0.3 is 10.1 Å². The molecular formula is C16H22N2O5S. The number of rotatable bonds is 4. The van der Waals surface area contributed by atoms with E-state index >= 15 is 0 Å². The minimum Gasteiger partial charge on any atom is -0.449 e. The van der Waals surface area contributed by atoms with Gasteiger partial charge in [0.15, 0.2) is 6.10 Å². The molecule has 0 saturated heterocycles. The van der Waals surface area contributed by atoms with Gasteiger partial charge in [-0.05, 0) is 39.8 Å². The Kier molecular flexibility index (Phi) is 6.65. The van der Waals surface area contributed by atoms with E-state index in [1.54, 1.807) is 39.0 Å². The van der Waals surface area contributed by atoms with Gasteiger partial charge in [-0.25, -0.2) is 9.59 Å². The first-order chi connectivity index (χ1) is 11.0. The van der Waals surface area contributed by atoms with Gasteiger partial charge in [0.25, 0.3) is 5.91 Å². The summed E-state index contributed by atoms with van der Waals surface area (Å²) in [6, 6.07) is 5.60. The van der Waals surface area contributed by atoms with Gasteiger partial charge in [-0.15, -0.1) is 0 Å². The Balaban J connectivity index is 2.72. The number of benzene rings is 1. The Morgan fingerprint density at radius 1 is 1.17 bits per heavy atom. The molecule has 7 nitrogen and oxygen atoms in total. The van der Waals surface area contributed by atoms with Crippen molar-refractivity contribution in [3.8, 4) is 0 Å². The van der Waals surface area contributed by atoms with Gasteiger partial charge in [-0.1, -0.05) is 12.1 Å². The lowest BCUT2D eigenvalue weighted by molar-refractivity contribution is -0.127. The van der Waals surface area contributed by atoms with E-state index in [2.05, 4.69) is 10.6 Å². The zero-order valence-electron chi connectivity index (χ0n) is 14.3. The molecule has 0 unspecified atom stereocenters. The number of nitrogens with one attached hydrogen (secondary N) is 2. The van der Waals surface area contributed by atoms with E-state index in [1.165, 1.54) is 19.2 Å². The van der Waals surface area contributed by atoms with Crippen LogP contribution in [-0.2, 0) is 20.3 Å². The van der Waals surface area contributed by atoms with Crippen molar-refractivity contribution in [2.45, 2.75) is 44.2 Å². The molecule has 0 aliphatic heterocycles. The van der Waals surface area contributed by atoms with Crippen LogP contribution in [0.15, 0.2) is 29.2 Å². The Morgan fingerprint density at radius 3 is 2.29 bits per heavy atom.